The summed E-state index contributed by atoms with van der Waals surface area (Å²) in [5, 5.41) is 24.7. The van der Waals surface area contributed by atoms with Crippen molar-refractivity contribution in [1.82, 2.24) is 25.9 Å². The van der Waals surface area contributed by atoms with Crippen LogP contribution in [0.3, 0.4) is 0 Å². The molecule has 0 aliphatic carbocycles. The van der Waals surface area contributed by atoms with Crippen molar-refractivity contribution in [2.24, 2.45) is 11.7 Å². The molecule has 0 saturated carbocycles. The van der Waals surface area contributed by atoms with Crippen LogP contribution in [-0.2, 0) is 30.4 Å². The molecule has 0 fully saturated rings. The molecular weight excluding hydrogens is 412 g/mol. The van der Waals surface area contributed by atoms with Crippen molar-refractivity contribution in [2.45, 2.75) is 51.2 Å². The number of aliphatic carboxylic acids is 2. The molecule has 0 aromatic carbocycles. The lowest BCUT2D eigenvalue weighted by Crippen LogP contribution is -2.57. The Balaban J connectivity index is 2.96. The van der Waals surface area contributed by atoms with E-state index in [2.05, 4.69) is 25.9 Å². The quantitative estimate of drug-likeness (QED) is 0.180. The second-order valence-corrected chi connectivity index (χ2v) is 7.02. The van der Waals surface area contributed by atoms with Crippen LogP contribution in [0, 0.1) is 5.92 Å². The number of aromatic nitrogens is 2. The highest BCUT2D eigenvalue weighted by Crippen LogP contribution is 2.07. The fourth-order valence-electron chi connectivity index (χ4n) is 2.55. The number of rotatable bonds is 13. The van der Waals surface area contributed by atoms with Crippen LogP contribution in [0.5, 0.6) is 0 Å². The summed E-state index contributed by atoms with van der Waals surface area (Å²) in [5.41, 5.74) is 6.30. The van der Waals surface area contributed by atoms with Crippen molar-refractivity contribution >= 4 is 29.7 Å². The zero-order valence-electron chi connectivity index (χ0n) is 17.3. The SMILES string of the molecule is CCC(C)C(N)C(=O)NC(CC(=O)O)C(=O)NC(Cc1cnc[nH]1)C(=O)NCC(=O)O. The Bertz CT molecular complexity index is 782. The number of carboxylic acids is 2. The van der Waals surface area contributed by atoms with Crippen molar-refractivity contribution in [3.63, 3.8) is 0 Å². The normalized spacial score (nSPS) is 14.5. The Hall–Kier alpha value is -3.48. The van der Waals surface area contributed by atoms with E-state index in [9.17, 15) is 24.0 Å². The molecule has 13 heteroatoms. The van der Waals surface area contributed by atoms with Crippen LogP contribution in [0.1, 0.15) is 32.4 Å². The summed E-state index contributed by atoms with van der Waals surface area (Å²) in [7, 11) is 0. The average Bonchev–Trinajstić information content (AvgIpc) is 3.22. The fourth-order valence-corrected chi connectivity index (χ4v) is 2.55. The largest absolute Gasteiger partial charge is 0.481 e. The van der Waals surface area contributed by atoms with E-state index in [-0.39, 0.29) is 12.3 Å². The van der Waals surface area contributed by atoms with Gasteiger partial charge in [0.15, 0.2) is 0 Å². The zero-order valence-corrected chi connectivity index (χ0v) is 17.3. The van der Waals surface area contributed by atoms with E-state index in [1.54, 1.807) is 6.92 Å². The second kappa shape index (κ2) is 12.3. The van der Waals surface area contributed by atoms with Gasteiger partial charge in [-0.2, -0.15) is 0 Å². The van der Waals surface area contributed by atoms with Gasteiger partial charge < -0.3 is 36.9 Å². The molecule has 0 aliphatic rings. The van der Waals surface area contributed by atoms with Gasteiger partial charge in [-0.1, -0.05) is 20.3 Å². The van der Waals surface area contributed by atoms with E-state index < -0.39 is 60.8 Å². The maximum atomic E-state index is 12.7. The molecule has 31 heavy (non-hydrogen) atoms. The summed E-state index contributed by atoms with van der Waals surface area (Å²) in [6.07, 6.45) is 2.55. The Morgan fingerprint density at radius 1 is 1.06 bits per heavy atom. The van der Waals surface area contributed by atoms with E-state index in [0.717, 1.165) is 0 Å². The predicted octanol–water partition coefficient (Wildman–Crippen LogP) is -2.03. The van der Waals surface area contributed by atoms with Crippen LogP contribution >= 0.6 is 0 Å². The van der Waals surface area contributed by atoms with E-state index in [4.69, 9.17) is 15.9 Å². The van der Waals surface area contributed by atoms with E-state index >= 15 is 0 Å². The highest BCUT2D eigenvalue weighted by molar-refractivity contribution is 5.95. The van der Waals surface area contributed by atoms with Crippen LogP contribution in [-0.4, -0.2) is 74.5 Å². The van der Waals surface area contributed by atoms with Gasteiger partial charge in [0.2, 0.25) is 17.7 Å². The number of aromatic amines is 1. The molecule has 1 heterocycles. The number of hydrogen-bond acceptors (Lipinski definition) is 7. The highest BCUT2D eigenvalue weighted by Gasteiger charge is 2.31. The first-order valence-electron chi connectivity index (χ1n) is 9.60. The van der Waals surface area contributed by atoms with Gasteiger partial charge in [0.05, 0.1) is 18.8 Å². The topological polar surface area (TPSA) is 217 Å². The number of imidazole rings is 1. The number of amides is 3. The summed E-state index contributed by atoms with van der Waals surface area (Å²) in [4.78, 5) is 65.9. The molecule has 13 nitrogen and oxygen atoms in total. The van der Waals surface area contributed by atoms with Crippen molar-refractivity contribution < 1.29 is 34.2 Å². The smallest absolute Gasteiger partial charge is 0.322 e. The highest BCUT2D eigenvalue weighted by atomic mass is 16.4. The van der Waals surface area contributed by atoms with Crippen molar-refractivity contribution in [1.29, 1.82) is 0 Å². The molecule has 0 saturated heterocycles. The molecule has 3 amide bonds. The van der Waals surface area contributed by atoms with E-state index in [0.29, 0.717) is 12.1 Å². The number of carboxylic acid groups (broad SMARTS) is 2. The Morgan fingerprint density at radius 2 is 1.71 bits per heavy atom. The number of H-pyrrole nitrogens is 1. The van der Waals surface area contributed by atoms with Gasteiger partial charge in [-0.05, 0) is 5.92 Å². The number of carbonyl (C=O) groups excluding carboxylic acids is 3. The van der Waals surface area contributed by atoms with Crippen LogP contribution in [0.15, 0.2) is 12.5 Å². The first-order valence-corrected chi connectivity index (χ1v) is 9.60. The molecule has 4 atom stereocenters. The number of hydrogen-bond donors (Lipinski definition) is 7. The average molecular weight is 440 g/mol. The molecular formula is C18H28N6O7. The van der Waals surface area contributed by atoms with Crippen LogP contribution < -0.4 is 21.7 Å². The standard InChI is InChI=1S/C18H28N6O7/c1-3-9(2)15(19)18(31)24-12(5-13(25)26)17(30)23-11(4-10-6-20-8-22-10)16(29)21-7-14(27)28/h6,8-9,11-12,15H,3-5,7,19H2,1-2H3,(H,20,22)(H,21,29)(H,23,30)(H,24,31)(H,25,26)(H,27,28). The summed E-state index contributed by atoms with van der Waals surface area (Å²) in [6, 6.07) is -3.69. The third-order valence-electron chi connectivity index (χ3n) is 4.60. The number of nitrogens with zero attached hydrogens (tertiary/aromatic N) is 1. The minimum Gasteiger partial charge on any atom is -0.481 e. The number of nitrogens with two attached hydrogens (primary N) is 1. The van der Waals surface area contributed by atoms with Gasteiger partial charge in [0.25, 0.3) is 0 Å². The van der Waals surface area contributed by atoms with Crippen molar-refractivity contribution in [2.75, 3.05) is 6.54 Å². The first-order chi connectivity index (χ1) is 14.5. The summed E-state index contributed by atoms with van der Waals surface area (Å²) in [6.45, 7) is 2.89. The van der Waals surface area contributed by atoms with E-state index in [1.165, 1.54) is 12.5 Å². The Morgan fingerprint density at radius 3 is 2.23 bits per heavy atom. The minimum atomic E-state index is -1.49. The van der Waals surface area contributed by atoms with Crippen LogP contribution in [0.25, 0.3) is 0 Å². The molecule has 0 aliphatic heterocycles. The molecule has 0 bridgehead atoms. The third-order valence-corrected chi connectivity index (χ3v) is 4.60. The van der Waals surface area contributed by atoms with Gasteiger partial charge in [-0.15, -0.1) is 0 Å². The molecule has 4 unspecified atom stereocenters. The lowest BCUT2D eigenvalue weighted by atomic mass is 9.99. The van der Waals surface area contributed by atoms with Gasteiger partial charge >= 0.3 is 11.9 Å². The molecule has 1 rings (SSSR count). The van der Waals surface area contributed by atoms with Crippen LogP contribution in [0.4, 0.5) is 0 Å². The maximum absolute atomic E-state index is 12.7. The fraction of sp³-hybridized carbons (Fsp3) is 0.556. The molecule has 8 N–H and O–H groups in total. The van der Waals surface area contributed by atoms with E-state index in [1.807, 2.05) is 6.92 Å². The lowest BCUT2D eigenvalue weighted by Gasteiger charge is -2.24. The number of carbonyl (C=O) groups is 5. The lowest BCUT2D eigenvalue weighted by molar-refractivity contribution is -0.141. The maximum Gasteiger partial charge on any atom is 0.322 e. The van der Waals surface area contributed by atoms with Crippen molar-refractivity contribution in [3.8, 4) is 0 Å². The zero-order chi connectivity index (χ0) is 23.6. The van der Waals surface area contributed by atoms with Crippen LogP contribution in [0.2, 0.25) is 0 Å². The summed E-state index contributed by atoms with van der Waals surface area (Å²) < 4.78 is 0. The Labute approximate surface area is 178 Å². The number of nitrogens with one attached hydrogen (secondary N) is 4. The Kier molecular flexibility index (Phi) is 10.1. The van der Waals surface area contributed by atoms with Gasteiger partial charge in [0, 0.05) is 18.3 Å². The molecule has 172 valence electrons. The third kappa shape index (κ3) is 8.82. The molecule has 0 spiro atoms. The summed E-state index contributed by atoms with van der Waals surface area (Å²) in [5.74, 6) is -5.27. The predicted molar refractivity (Wildman–Crippen MR) is 106 cm³/mol. The first kappa shape index (κ1) is 25.6. The van der Waals surface area contributed by atoms with Gasteiger partial charge in [0.1, 0.15) is 18.6 Å². The second-order valence-electron chi connectivity index (χ2n) is 7.02. The molecule has 0 radical (unpaired) electrons. The minimum absolute atomic E-state index is 0.0721. The van der Waals surface area contributed by atoms with Gasteiger partial charge in [-0.25, -0.2) is 4.98 Å². The monoisotopic (exact) mass is 440 g/mol. The van der Waals surface area contributed by atoms with Crippen molar-refractivity contribution in [3.05, 3.63) is 18.2 Å². The van der Waals surface area contributed by atoms with Gasteiger partial charge in [-0.3, -0.25) is 24.0 Å². The molecule has 1 aromatic rings. The summed E-state index contributed by atoms with van der Waals surface area (Å²) >= 11 is 0. The molecule has 1 aromatic heterocycles.